The van der Waals surface area contributed by atoms with Crippen molar-refractivity contribution < 1.29 is 19.4 Å². The molecule has 0 saturated heterocycles. The lowest BCUT2D eigenvalue weighted by molar-refractivity contribution is -0.297. The molecule has 28 heavy (non-hydrogen) atoms. The van der Waals surface area contributed by atoms with Gasteiger partial charge in [0.15, 0.2) is 0 Å². The lowest BCUT2D eigenvalue weighted by Gasteiger charge is -2.19. The van der Waals surface area contributed by atoms with Gasteiger partial charge in [-0.2, -0.15) is 0 Å². The van der Waals surface area contributed by atoms with E-state index in [1.54, 1.807) is 0 Å². The van der Waals surface area contributed by atoms with Crippen molar-refractivity contribution in [2.75, 3.05) is 11.9 Å². The summed E-state index contributed by atoms with van der Waals surface area (Å²) < 4.78 is 6.02. The van der Waals surface area contributed by atoms with Crippen LogP contribution in [0.2, 0.25) is 0 Å². The molecule has 0 fully saturated rings. The van der Waals surface area contributed by atoms with E-state index in [1.165, 1.54) is 11.6 Å². The molecule has 3 rings (SSSR count). The Labute approximate surface area is 165 Å². The third kappa shape index (κ3) is 3.52. The molecule has 1 atom stereocenters. The van der Waals surface area contributed by atoms with Crippen LogP contribution in [0.1, 0.15) is 59.1 Å². The molecular weight excluding hydrogens is 354 g/mol. The average Bonchev–Trinajstić information content (AvgIpc) is 3.10. The molecule has 0 saturated carbocycles. The van der Waals surface area contributed by atoms with Crippen molar-refractivity contribution >= 4 is 24.1 Å². The third-order valence-corrected chi connectivity index (χ3v) is 5.38. The van der Waals surface area contributed by atoms with Crippen molar-refractivity contribution in [3.63, 3.8) is 0 Å². The zero-order chi connectivity index (χ0) is 20.4. The highest BCUT2D eigenvalue weighted by atomic mass is 16.5. The second kappa shape index (κ2) is 7.89. The van der Waals surface area contributed by atoms with E-state index < -0.39 is 5.97 Å². The summed E-state index contributed by atoms with van der Waals surface area (Å²) in [6.07, 6.45) is 3.09. The van der Waals surface area contributed by atoms with Crippen molar-refractivity contribution in [3.8, 4) is 5.75 Å². The summed E-state index contributed by atoms with van der Waals surface area (Å²) in [6, 6.07) is 8.48. The van der Waals surface area contributed by atoms with Gasteiger partial charge in [0.25, 0.3) is 0 Å². The fourth-order valence-corrected chi connectivity index (χ4v) is 3.86. The third-order valence-electron chi connectivity index (χ3n) is 5.38. The van der Waals surface area contributed by atoms with E-state index in [4.69, 9.17) is 4.74 Å². The van der Waals surface area contributed by atoms with Crippen molar-refractivity contribution in [2.24, 2.45) is 0 Å². The topological polar surface area (TPSA) is 78.5 Å². The summed E-state index contributed by atoms with van der Waals surface area (Å²) >= 11 is 0. The molecule has 5 nitrogen and oxygen atoms in total. The Hall–Kier alpha value is -3.08. The van der Waals surface area contributed by atoms with E-state index in [-0.39, 0.29) is 5.92 Å². The molecule has 1 heterocycles. The molecule has 1 N–H and O–H groups in total. The van der Waals surface area contributed by atoms with E-state index in [1.807, 2.05) is 13.8 Å². The van der Waals surface area contributed by atoms with E-state index in [0.29, 0.717) is 35.9 Å². The van der Waals surface area contributed by atoms with Crippen LogP contribution in [0.3, 0.4) is 0 Å². The van der Waals surface area contributed by atoms with Gasteiger partial charge in [0, 0.05) is 22.7 Å². The molecule has 0 spiro atoms. The van der Waals surface area contributed by atoms with Gasteiger partial charge < -0.3 is 20.0 Å². The number of fused-ring (bicyclic) bond motifs is 1. The smallest absolute Gasteiger partial charge is 0.211 e. The van der Waals surface area contributed by atoms with Crippen LogP contribution in [0.25, 0.3) is 6.08 Å². The number of amides is 1. The van der Waals surface area contributed by atoms with Gasteiger partial charge in [0.05, 0.1) is 12.6 Å². The quantitative estimate of drug-likeness (QED) is 0.618. The maximum absolute atomic E-state index is 11.1. The van der Waals surface area contributed by atoms with Gasteiger partial charge in [-0.25, -0.2) is 0 Å². The Balaban J connectivity index is 2.16. The number of aliphatic carboxylic acids is 1. The monoisotopic (exact) mass is 378 g/mol. The summed E-state index contributed by atoms with van der Waals surface area (Å²) in [5, 5.41) is 13.7. The normalized spacial score (nSPS) is 15.5. The van der Waals surface area contributed by atoms with Crippen LogP contribution in [0.5, 0.6) is 5.75 Å². The van der Waals surface area contributed by atoms with Crippen LogP contribution in [0.15, 0.2) is 30.3 Å². The minimum atomic E-state index is -1.28. The molecule has 0 radical (unpaired) electrons. The number of hydrogen-bond acceptors (Lipinski definition) is 4. The van der Waals surface area contributed by atoms with Crippen LogP contribution >= 0.6 is 0 Å². The molecule has 1 amide bonds. The predicted octanol–water partition coefficient (Wildman–Crippen LogP) is 3.28. The first-order chi connectivity index (χ1) is 13.3. The number of benzene rings is 2. The van der Waals surface area contributed by atoms with Gasteiger partial charge in [-0.15, -0.1) is 0 Å². The number of ether oxygens (including phenoxy) is 1. The lowest BCUT2D eigenvalue weighted by atomic mass is 9.85. The average molecular weight is 378 g/mol. The largest absolute Gasteiger partial charge is 0.545 e. The second-order valence-corrected chi connectivity index (χ2v) is 7.38. The molecule has 0 aliphatic carbocycles. The number of carboxylic acid groups (broad SMARTS) is 1. The number of hydrogen-bond donors (Lipinski definition) is 1. The van der Waals surface area contributed by atoms with Crippen LogP contribution in [0.4, 0.5) is 5.69 Å². The molecule has 1 aliphatic rings. The van der Waals surface area contributed by atoms with Gasteiger partial charge in [-0.1, -0.05) is 38.1 Å². The highest BCUT2D eigenvalue weighted by molar-refractivity contribution is 5.88. The molecule has 0 bridgehead atoms. The van der Waals surface area contributed by atoms with Gasteiger partial charge in [0.1, 0.15) is 5.75 Å². The van der Waals surface area contributed by atoms with Gasteiger partial charge in [-0.05, 0) is 54.2 Å². The molecule has 2 aromatic carbocycles. The van der Waals surface area contributed by atoms with Crippen LogP contribution < -0.4 is 15.2 Å². The number of carbonyl (C=O) groups excluding carboxylic acids is 2. The Morgan fingerprint density at radius 3 is 2.46 bits per heavy atom. The molecule has 1 unspecified atom stereocenters. The second-order valence-electron chi connectivity index (χ2n) is 7.38. The maximum atomic E-state index is 11.1. The van der Waals surface area contributed by atoms with Gasteiger partial charge >= 0.3 is 0 Å². The molecule has 0 aromatic heterocycles. The highest BCUT2D eigenvalue weighted by Gasteiger charge is 2.32. The summed E-state index contributed by atoms with van der Waals surface area (Å²) in [5.74, 6) is -0.145. The number of carboxylic acids is 1. The Morgan fingerprint density at radius 2 is 1.89 bits per heavy atom. The summed E-state index contributed by atoms with van der Waals surface area (Å²) in [5.41, 5.74) is 6.39. The van der Waals surface area contributed by atoms with Crippen molar-refractivity contribution in [1.29, 1.82) is 0 Å². The molecular formula is C23H24NO4-. The summed E-state index contributed by atoms with van der Waals surface area (Å²) in [7, 11) is 0. The highest BCUT2D eigenvalue weighted by Crippen LogP contribution is 2.47. The molecule has 1 aliphatic heterocycles. The number of rotatable bonds is 6. The predicted molar refractivity (Wildman–Crippen MR) is 108 cm³/mol. The SMILES string of the molecule is Cc1c(/C=C/C(=O)[O-])c2c(c(C)c1NC=O)C(c1ccc(C(C)C)cc1)CO2. The first-order valence-corrected chi connectivity index (χ1v) is 9.34. The fourth-order valence-electron chi connectivity index (χ4n) is 3.86. The molecule has 2 aromatic rings. The zero-order valence-corrected chi connectivity index (χ0v) is 16.5. The van der Waals surface area contributed by atoms with E-state index in [2.05, 4.69) is 43.4 Å². The van der Waals surface area contributed by atoms with E-state index in [0.717, 1.165) is 28.3 Å². The van der Waals surface area contributed by atoms with Crippen LogP contribution in [0, 0.1) is 13.8 Å². The maximum Gasteiger partial charge on any atom is 0.211 e. The fraction of sp³-hybridized carbons (Fsp3) is 0.304. The van der Waals surface area contributed by atoms with Crippen LogP contribution in [-0.4, -0.2) is 19.0 Å². The van der Waals surface area contributed by atoms with Crippen molar-refractivity contribution in [2.45, 2.75) is 39.5 Å². The van der Waals surface area contributed by atoms with Crippen molar-refractivity contribution in [3.05, 3.63) is 63.7 Å². The number of anilines is 1. The first-order valence-electron chi connectivity index (χ1n) is 9.34. The Bertz CT molecular complexity index is 942. The lowest BCUT2D eigenvalue weighted by Crippen LogP contribution is -2.18. The minimum Gasteiger partial charge on any atom is -0.545 e. The van der Waals surface area contributed by atoms with Gasteiger partial charge in [0.2, 0.25) is 6.41 Å². The number of nitrogens with one attached hydrogen (secondary N) is 1. The standard InChI is InChI=1S/C23H25NO4/c1-13(2)16-5-7-17(8-6-16)19-11-28-23-18(9-10-20(26)27)14(3)22(24-12-25)15(4)21(19)23/h5-10,12-13,19H,11H2,1-4H3,(H,24,25)(H,26,27)/p-1/b10-9+. The molecule has 5 heteroatoms. The van der Waals surface area contributed by atoms with E-state index >= 15 is 0 Å². The zero-order valence-electron chi connectivity index (χ0n) is 16.5. The van der Waals surface area contributed by atoms with Crippen LogP contribution in [-0.2, 0) is 9.59 Å². The summed E-state index contributed by atoms with van der Waals surface area (Å²) in [6.45, 7) is 8.57. The van der Waals surface area contributed by atoms with E-state index in [9.17, 15) is 14.7 Å². The first kappa shape index (κ1) is 19.7. The number of carbonyl (C=O) groups is 2. The van der Waals surface area contributed by atoms with Crippen molar-refractivity contribution in [1.82, 2.24) is 0 Å². The summed E-state index contributed by atoms with van der Waals surface area (Å²) in [4.78, 5) is 22.1. The Kier molecular flexibility index (Phi) is 5.54. The Morgan fingerprint density at radius 1 is 1.21 bits per heavy atom. The minimum absolute atomic E-state index is 0.0131. The molecule has 146 valence electrons. The van der Waals surface area contributed by atoms with Gasteiger partial charge in [-0.3, -0.25) is 4.79 Å².